The lowest BCUT2D eigenvalue weighted by Crippen LogP contribution is -2.32. The molecular weight excluding hydrogens is 458 g/mol. The number of allylic oxidation sites excluding steroid dienone is 1. The number of fused-ring (bicyclic) bond motifs is 2. The molecule has 7 nitrogen and oxygen atoms in total. The number of ketones is 1. The van der Waals surface area contributed by atoms with Crippen molar-refractivity contribution in [2.75, 3.05) is 27.6 Å². The second kappa shape index (κ2) is 9.95. The highest BCUT2D eigenvalue weighted by atomic mass is 16.5. The Labute approximate surface area is 210 Å². The molecule has 2 heterocycles. The molecule has 2 aliphatic rings. The van der Waals surface area contributed by atoms with Gasteiger partial charge in [0.05, 0.1) is 26.4 Å². The maximum absolute atomic E-state index is 13.2. The molecule has 7 heteroatoms. The molecule has 2 aliphatic heterocycles. The summed E-state index contributed by atoms with van der Waals surface area (Å²) < 4.78 is 28.4. The van der Waals surface area contributed by atoms with Gasteiger partial charge in [-0.05, 0) is 61.4 Å². The lowest BCUT2D eigenvalue weighted by molar-refractivity contribution is 0.0876. The maximum atomic E-state index is 13.2. The van der Waals surface area contributed by atoms with Gasteiger partial charge in [-0.3, -0.25) is 9.69 Å². The van der Waals surface area contributed by atoms with Crippen molar-refractivity contribution in [3.63, 3.8) is 0 Å². The molecule has 5 rings (SSSR count). The normalized spacial score (nSPS) is 15.7. The van der Waals surface area contributed by atoms with Gasteiger partial charge in [0.15, 0.2) is 17.3 Å². The van der Waals surface area contributed by atoms with Crippen LogP contribution in [0.5, 0.6) is 28.7 Å². The number of hydrogen-bond acceptors (Lipinski definition) is 7. The number of methoxy groups -OCH3 is 2. The van der Waals surface area contributed by atoms with Crippen molar-refractivity contribution < 1.29 is 28.5 Å². The van der Waals surface area contributed by atoms with Crippen LogP contribution in [0.25, 0.3) is 6.08 Å². The Kier molecular flexibility index (Phi) is 6.57. The molecule has 186 valence electrons. The topological polar surface area (TPSA) is 66.5 Å². The maximum Gasteiger partial charge on any atom is 0.231 e. The molecule has 0 unspecified atom stereocenters. The number of carbonyl (C=O) groups is 1. The number of hydrogen-bond donors (Lipinski definition) is 0. The van der Waals surface area contributed by atoms with Gasteiger partial charge in [-0.2, -0.15) is 0 Å². The van der Waals surface area contributed by atoms with Crippen molar-refractivity contribution in [2.24, 2.45) is 0 Å². The monoisotopic (exact) mass is 487 g/mol. The first-order valence-corrected chi connectivity index (χ1v) is 11.9. The molecule has 3 aromatic rings. The van der Waals surface area contributed by atoms with Crippen LogP contribution >= 0.6 is 0 Å². The summed E-state index contributed by atoms with van der Waals surface area (Å²) in [5.41, 5.74) is 4.33. The van der Waals surface area contributed by atoms with Crippen LogP contribution in [0.1, 0.15) is 39.5 Å². The molecule has 3 aromatic carbocycles. The molecule has 0 atom stereocenters. The number of Topliss-reactive ketones (excluding diaryl/α,β-unsaturated/α-hetero) is 1. The number of nitrogens with zero attached hydrogens (tertiary/aromatic N) is 1. The fourth-order valence-corrected chi connectivity index (χ4v) is 4.61. The van der Waals surface area contributed by atoms with Crippen molar-refractivity contribution >= 4 is 11.9 Å². The Bertz CT molecular complexity index is 1330. The van der Waals surface area contributed by atoms with Gasteiger partial charge in [0.1, 0.15) is 24.0 Å². The van der Waals surface area contributed by atoms with Crippen molar-refractivity contribution in [2.45, 2.75) is 26.9 Å². The first-order chi connectivity index (χ1) is 17.5. The Balaban J connectivity index is 1.36. The van der Waals surface area contributed by atoms with Crippen LogP contribution in [0.2, 0.25) is 0 Å². The van der Waals surface area contributed by atoms with Gasteiger partial charge in [0.2, 0.25) is 5.78 Å². The van der Waals surface area contributed by atoms with Crippen molar-refractivity contribution in [3.8, 4) is 28.7 Å². The van der Waals surface area contributed by atoms with Crippen molar-refractivity contribution in [1.82, 2.24) is 4.90 Å². The van der Waals surface area contributed by atoms with Gasteiger partial charge in [-0.15, -0.1) is 0 Å². The molecule has 0 radical (unpaired) electrons. The zero-order chi connectivity index (χ0) is 25.2. The predicted octanol–water partition coefficient (Wildman–Crippen LogP) is 5.38. The van der Waals surface area contributed by atoms with Crippen LogP contribution < -0.4 is 23.7 Å². The molecule has 0 aromatic heterocycles. The second-order valence-electron chi connectivity index (χ2n) is 8.76. The third-order valence-electron chi connectivity index (χ3n) is 6.34. The van der Waals surface area contributed by atoms with Crippen molar-refractivity contribution in [1.29, 1.82) is 0 Å². The minimum atomic E-state index is -0.123. The van der Waals surface area contributed by atoms with E-state index in [1.54, 1.807) is 20.3 Å². The van der Waals surface area contributed by atoms with E-state index in [1.165, 1.54) is 0 Å². The van der Waals surface area contributed by atoms with Crippen LogP contribution in [0.3, 0.4) is 0 Å². The third kappa shape index (κ3) is 4.50. The Morgan fingerprint density at radius 2 is 1.78 bits per heavy atom. The number of ether oxygens (including phenoxy) is 5. The quantitative estimate of drug-likeness (QED) is 0.415. The summed E-state index contributed by atoms with van der Waals surface area (Å²) in [6.07, 6.45) is 1.76. The van der Waals surface area contributed by atoms with Gasteiger partial charge in [0.25, 0.3) is 0 Å². The van der Waals surface area contributed by atoms with E-state index in [2.05, 4.69) is 4.90 Å². The standard InChI is InChI=1S/C29H29NO6/c1-5-34-22-9-6-19(7-10-22)12-26-27(31)23-14-21-16-30(17-35-28(21)18(2)29(23)36-26)15-20-8-11-24(32-3)25(13-20)33-4/h6-14H,5,15-17H2,1-4H3/b26-12-. The van der Waals surface area contributed by atoms with Gasteiger partial charge in [-0.1, -0.05) is 18.2 Å². The summed E-state index contributed by atoms with van der Waals surface area (Å²) in [5.74, 6) is 3.72. The lowest BCUT2D eigenvalue weighted by atomic mass is 9.99. The van der Waals surface area contributed by atoms with E-state index in [4.69, 9.17) is 23.7 Å². The average Bonchev–Trinajstić information content (AvgIpc) is 3.20. The van der Waals surface area contributed by atoms with Crippen LogP contribution in [0.15, 0.2) is 54.3 Å². The largest absolute Gasteiger partial charge is 0.494 e. The summed E-state index contributed by atoms with van der Waals surface area (Å²) in [6, 6.07) is 15.4. The van der Waals surface area contributed by atoms with Crippen LogP contribution in [0, 0.1) is 6.92 Å². The summed E-state index contributed by atoms with van der Waals surface area (Å²) in [7, 11) is 3.25. The smallest absolute Gasteiger partial charge is 0.231 e. The predicted molar refractivity (Wildman–Crippen MR) is 136 cm³/mol. The van der Waals surface area contributed by atoms with E-state index in [1.807, 2.05) is 62.4 Å². The Hall–Kier alpha value is -3.97. The minimum Gasteiger partial charge on any atom is -0.494 e. The van der Waals surface area contributed by atoms with E-state index in [0.29, 0.717) is 55.0 Å². The van der Waals surface area contributed by atoms with E-state index in [-0.39, 0.29) is 5.78 Å². The minimum absolute atomic E-state index is 0.123. The van der Waals surface area contributed by atoms with Gasteiger partial charge < -0.3 is 23.7 Å². The molecule has 0 saturated heterocycles. The summed E-state index contributed by atoms with van der Waals surface area (Å²) in [6.45, 7) is 6.25. The Morgan fingerprint density at radius 1 is 1.00 bits per heavy atom. The fourth-order valence-electron chi connectivity index (χ4n) is 4.61. The lowest BCUT2D eigenvalue weighted by Gasteiger charge is -2.30. The Morgan fingerprint density at radius 3 is 2.50 bits per heavy atom. The van der Waals surface area contributed by atoms with Gasteiger partial charge >= 0.3 is 0 Å². The van der Waals surface area contributed by atoms with Crippen LogP contribution in [0.4, 0.5) is 0 Å². The molecule has 0 saturated carbocycles. The first-order valence-electron chi connectivity index (χ1n) is 11.9. The van der Waals surface area contributed by atoms with Crippen LogP contribution in [-0.2, 0) is 13.1 Å². The fraction of sp³-hybridized carbons (Fsp3) is 0.276. The second-order valence-corrected chi connectivity index (χ2v) is 8.76. The molecular formula is C29H29NO6. The molecule has 0 bridgehead atoms. The third-order valence-corrected chi connectivity index (χ3v) is 6.34. The van der Waals surface area contributed by atoms with Gasteiger partial charge in [0, 0.05) is 24.2 Å². The highest BCUT2D eigenvalue weighted by Crippen LogP contribution is 2.43. The zero-order valence-electron chi connectivity index (χ0n) is 20.9. The molecule has 0 fully saturated rings. The molecule has 36 heavy (non-hydrogen) atoms. The molecule has 0 aliphatic carbocycles. The summed E-state index contributed by atoms with van der Waals surface area (Å²) in [4.78, 5) is 15.4. The molecule has 0 spiro atoms. The van der Waals surface area contributed by atoms with E-state index in [9.17, 15) is 4.79 Å². The van der Waals surface area contributed by atoms with Crippen molar-refractivity contribution in [3.05, 3.63) is 82.1 Å². The number of benzene rings is 3. The van der Waals surface area contributed by atoms with E-state index >= 15 is 0 Å². The highest BCUT2D eigenvalue weighted by Gasteiger charge is 2.33. The molecule has 0 N–H and O–H groups in total. The van der Waals surface area contributed by atoms with E-state index < -0.39 is 0 Å². The average molecular weight is 488 g/mol. The van der Waals surface area contributed by atoms with Crippen LogP contribution in [-0.4, -0.2) is 38.2 Å². The number of rotatable bonds is 7. The first kappa shape index (κ1) is 23.8. The van der Waals surface area contributed by atoms with Gasteiger partial charge in [-0.25, -0.2) is 0 Å². The highest BCUT2D eigenvalue weighted by molar-refractivity contribution is 6.15. The number of carbonyl (C=O) groups excluding carboxylic acids is 1. The zero-order valence-corrected chi connectivity index (χ0v) is 20.9. The molecule has 0 amide bonds. The van der Waals surface area contributed by atoms with E-state index in [0.717, 1.165) is 33.8 Å². The summed E-state index contributed by atoms with van der Waals surface area (Å²) in [5, 5.41) is 0. The SMILES string of the molecule is CCOc1ccc(/C=C2\Oc3c(cc4c(c3C)OCN(Cc3ccc(OC)c(OC)c3)C4)C2=O)cc1. The summed E-state index contributed by atoms with van der Waals surface area (Å²) >= 11 is 0.